The van der Waals surface area contributed by atoms with Gasteiger partial charge in [0, 0.05) is 27.2 Å². The number of anilines is 2. The first-order chi connectivity index (χ1) is 9.38. The van der Waals surface area contributed by atoms with E-state index in [1.807, 2.05) is 0 Å². The molecule has 7 nitrogen and oxygen atoms in total. The second-order valence-corrected chi connectivity index (χ2v) is 7.22. The van der Waals surface area contributed by atoms with Gasteiger partial charge in [-0.3, -0.25) is 4.72 Å². The number of piperidine rings is 1. The van der Waals surface area contributed by atoms with Crippen LogP contribution in [0.15, 0.2) is 12.1 Å². The molecular formula is C12H21N5O2S. The Kier molecular flexibility index (Phi) is 4.44. The third kappa shape index (κ3) is 3.57. The van der Waals surface area contributed by atoms with Gasteiger partial charge in [-0.15, -0.1) is 10.2 Å². The molecule has 2 rings (SSSR count). The van der Waals surface area contributed by atoms with Crippen LogP contribution in [-0.4, -0.2) is 50.1 Å². The zero-order chi connectivity index (χ0) is 14.8. The quantitative estimate of drug-likeness (QED) is 0.895. The summed E-state index contributed by atoms with van der Waals surface area (Å²) >= 11 is 0. The SMILES string of the molecule is CC1CCN(c2ccc(NS(=O)(=O)N(C)C)nn2)CC1. The summed E-state index contributed by atoms with van der Waals surface area (Å²) in [6.45, 7) is 4.19. The lowest BCUT2D eigenvalue weighted by atomic mass is 9.99. The molecule has 0 aromatic carbocycles. The lowest BCUT2D eigenvalue weighted by Gasteiger charge is -2.30. The van der Waals surface area contributed by atoms with Crippen molar-refractivity contribution in [2.75, 3.05) is 36.8 Å². The predicted molar refractivity (Wildman–Crippen MR) is 78.9 cm³/mol. The van der Waals surface area contributed by atoms with E-state index in [0.29, 0.717) is 0 Å². The summed E-state index contributed by atoms with van der Waals surface area (Å²) < 4.78 is 26.8. The summed E-state index contributed by atoms with van der Waals surface area (Å²) in [5, 5.41) is 8.03. The van der Waals surface area contributed by atoms with Gasteiger partial charge >= 0.3 is 10.2 Å². The summed E-state index contributed by atoms with van der Waals surface area (Å²) in [5.74, 6) is 1.78. The molecule has 112 valence electrons. The minimum absolute atomic E-state index is 0.229. The summed E-state index contributed by atoms with van der Waals surface area (Å²) in [6.07, 6.45) is 2.30. The average molecular weight is 299 g/mol. The van der Waals surface area contributed by atoms with Crippen LogP contribution >= 0.6 is 0 Å². The molecule has 1 aromatic rings. The molecule has 1 N–H and O–H groups in total. The second kappa shape index (κ2) is 5.92. The lowest BCUT2D eigenvalue weighted by molar-refractivity contribution is 0.436. The van der Waals surface area contributed by atoms with Crippen molar-refractivity contribution in [3.63, 3.8) is 0 Å². The first-order valence-corrected chi connectivity index (χ1v) is 8.11. The number of hydrogen-bond donors (Lipinski definition) is 1. The number of rotatable bonds is 4. The number of nitrogens with zero attached hydrogens (tertiary/aromatic N) is 4. The molecule has 0 spiro atoms. The molecule has 0 radical (unpaired) electrons. The Morgan fingerprint density at radius 3 is 2.40 bits per heavy atom. The van der Waals surface area contributed by atoms with Gasteiger partial charge in [0.1, 0.15) is 0 Å². The first-order valence-electron chi connectivity index (χ1n) is 6.67. The van der Waals surface area contributed by atoms with Crippen LogP contribution in [0, 0.1) is 5.92 Å². The average Bonchev–Trinajstić information content (AvgIpc) is 2.40. The Bertz CT molecular complexity index is 535. The normalized spacial score (nSPS) is 17.5. The molecule has 0 atom stereocenters. The van der Waals surface area contributed by atoms with Crippen molar-refractivity contribution in [2.45, 2.75) is 19.8 Å². The molecule has 0 saturated carbocycles. The highest BCUT2D eigenvalue weighted by atomic mass is 32.2. The standard InChI is InChI=1S/C12H21N5O2S/c1-10-6-8-17(9-7-10)12-5-4-11(13-14-12)15-20(18,19)16(2)3/h4-5,10H,6-9H2,1-3H3,(H,13,15). The smallest absolute Gasteiger partial charge is 0.302 e. The van der Waals surface area contributed by atoms with Crippen LogP contribution in [0.4, 0.5) is 11.6 Å². The minimum Gasteiger partial charge on any atom is -0.355 e. The maximum Gasteiger partial charge on any atom is 0.302 e. The fourth-order valence-corrected chi connectivity index (χ4v) is 2.57. The van der Waals surface area contributed by atoms with Crippen LogP contribution in [0.2, 0.25) is 0 Å². The van der Waals surface area contributed by atoms with Gasteiger partial charge in [-0.05, 0) is 30.9 Å². The van der Waals surface area contributed by atoms with Crippen molar-refractivity contribution in [3.8, 4) is 0 Å². The van der Waals surface area contributed by atoms with Crippen molar-refractivity contribution in [3.05, 3.63) is 12.1 Å². The molecule has 1 aromatic heterocycles. The molecule has 0 aliphatic carbocycles. The minimum atomic E-state index is -3.53. The monoisotopic (exact) mass is 299 g/mol. The molecule has 1 aliphatic rings. The predicted octanol–water partition coefficient (Wildman–Crippen LogP) is 0.931. The maximum absolute atomic E-state index is 11.7. The molecule has 8 heteroatoms. The van der Waals surface area contributed by atoms with Gasteiger partial charge in [-0.1, -0.05) is 6.92 Å². The zero-order valence-corrected chi connectivity index (χ0v) is 12.9. The van der Waals surface area contributed by atoms with Gasteiger partial charge < -0.3 is 4.90 Å². The van der Waals surface area contributed by atoms with E-state index in [-0.39, 0.29) is 5.82 Å². The van der Waals surface area contributed by atoms with E-state index in [0.717, 1.165) is 42.0 Å². The highest BCUT2D eigenvalue weighted by Gasteiger charge is 2.18. The van der Waals surface area contributed by atoms with E-state index < -0.39 is 10.2 Å². The van der Waals surface area contributed by atoms with Gasteiger partial charge in [0.15, 0.2) is 11.6 Å². The van der Waals surface area contributed by atoms with Gasteiger partial charge in [0.25, 0.3) is 0 Å². The molecule has 0 amide bonds. The Labute approximate surface area is 120 Å². The van der Waals surface area contributed by atoms with Crippen LogP contribution in [-0.2, 0) is 10.2 Å². The van der Waals surface area contributed by atoms with E-state index in [1.54, 1.807) is 12.1 Å². The summed E-state index contributed by atoms with van der Waals surface area (Å²) in [5.41, 5.74) is 0. The van der Waals surface area contributed by atoms with Crippen LogP contribution in [0.5, 0.6) is 0 Å². The summed E-state index contributed by atoms with van der Waals surface area (Å²) in [7, 11) is -0.614. The van der Waals surface area contributed by atoms with Crippen LogP contribution in [0.3, 0.4) is 0 Å². The maximum atomic E-state index is 11.7. The molecule has 2 heterocycles. The molecule has 1 fully saturated rings. The van der Waals surface area contributed by atoms with Gasteiger partial charge in [-0.25, -0.2) is 0 Å². The number of hydrogen-bond acceptors (Lipinski definition) is 5. The highest BCUT2D eigenvalue weighted by molar-refractivity contribution is 7.90. The molecule has 1 aliphatic heterocycles. The van der Waals surface area contributed by atoms with Gasteiger partial charge in [0.2, 0.25) is 0 Å². The summed E-state index contributed by atoms with van der Waals surface area (Å²) in [6, 6.07) is 3.44. The van der Waals surface area contributed by atoms with Gasteiger partial charge in [0.05, 0.1) is 0 Å². The molecule has 20 heavy (non-hydrogen) atoms. The van der Waals surface area contributed by atoms with Gasteiger partial charge in [-0.2, -0.15) is 12.7 Å². The highest BCUT2D eigenvalue weighted by Crippen LogP contribution is 2.21. The zero-order valence-electron chi connectivity index (χ0n) is 12.1. The molecular weight excluding hydrogens is 278 g/mol. The van der Waals surface area contributed by atoms with E-state index in [2.05, 4.69) is 26.7 Å². The number of aromatic nitrogens is 2. The van der Waals surface area contributed by atoms with Crippen LogP contribution in [0.1, 0.15) is 19.8 Å². The van der Waals surface area contributed by atoms with Crippen LogP contribution < -0.4 is 9.62 Å². The topological polar surface area (TPSA) is 78.4 Å². The molecule has 0 unspecified atom stereocenters. The first kappa shape index (κ1) is 15.0. The number of nitrogens with one attached hydrogen (secondary N) is 1. The van der Waals surface area contributed by atoms with E-state index in [4.69, 9.17) is 0 Å². The van der Waals surface area contributed by atoms with E-state index >= 15 is 0 Å². The lowest BCUT2D eigenvalue weighted by Crippen LogP contribution is -2.33. The Morgan fingerprint density at radius 2 is 1.90 bits per heavy atom. The Hall–Kier alpha value is -1.41. The third-order valence-corrected chi connectivity index (χ3v) is 4.90. The van der Waals surface area contributed by atoms with Crippen molar-refractivity contribution in [1.29, 1.82) is 0 Å². The van der Waals surface area contributed by atoms with Crippen molar-refractivity contribution < 1.29 is 8.42 Å². The van der Waals surface area contributed by atoms with Crippen LogP contribution in [0.25, 0.3) is 0 Å². The fraction of sp³-hybridized carbons (Fsp3) is 0.667. The van der Waals surface area contributed by atoms with Crippen molar-refractivity contribution in [2.24, 2.45) is 5.92 Å². The van der Waals surface area contributed by atoms with Crippen molar-refractivity contribution in [1.82, 2.24) is 14.5 Å². The Balaban J connectivity index is 2.03. The largest absolute Gasteiger partial charge is 0.355 e. The van der Waals surface area contributed by atoms with E-state index in [9.17, 15) is 8.42 Å². The van der Waals surface area contributed by atoms with Crippen molar-refractivity contribution >= 4 is 21.8 Å². The Morgan fingerprint density at radius 1 is 1.25 bits per heavy atom. The molecule has 1 saturated heterocycles. The van der Waals surface area contributed by atoms with E-state index in [1.165, 1.54) is 14.1 Å². The molecule has 0 bridgehead atoms. The third-order valence-electron chi connectivity index (χ3n) is 3.47. The fourth-order valence-electron chi connectivity index (χ4n) is 2.01. The summed E-state index contributed by atoms with van der Waals surface area (Å²) in [4.78, 5) is 2.18. The second-order valence-electron chi connectivity index (χ2n) is 5.34.